The molecular weight excluding hydrogens is 316 g/mol. The average molecular weight is 355 g/mol. The molecule has 0 N–H and O–H groups in total. The van der Waals surface area contributed by atoms with Gasteiger partial charge in [-0.15, -0.1) is 0 Å². The second kappa shape index (κ2) is 34.1. The van der Waals surface area contributed by atoms with Crippen LogP contribution in [0.3, 0.4) is 0 Å². The summed E-state index contributed by atoms with van der Waals surface area (Å²) in [5, 5.41) is 0. The van der Waals surface area contributed by atoms with Crippen LogP contribution in [0.2, 0.25) is 0 Å². The SMILES string of the molecule is CC.CCC.COC.c1ccccc1.c1ccccc1.c1ccccc1. The van der Waals surface area contributed by atoms with Gasteiger partial charge < -0.3 is 4.74 Å². The zero-order valence-corrected chi connectivity index (χ0v) is 17.5. The van der Waals surface area contributed by atoms with E-state index < -0.39 is 0 Å². The molecular formula is C25H38O. The lowest BCUT2D eigenvalue weighted by Gasteiger charge is -1.69. The molecule has 0 bridgehead atoms. The van der Waals surface area contributed by atoms with E-state index in [9.17, 15) is 0 Å². The highest BCUT2D eigenvalue weighted by Crippen LogP contribution is 1.81. The maximum Gasteiger partial charge on any atom is 0.0351 e. The fraction of sp³-hybridized carbons (Fsp3) is 0.280. The molecule has 0 saturated carbocycles. The van der Waals surface area contributed by atoms with Gasteiger partial charge in [0.2, 0.25) is 0 Å². The summed E-state index contributed by atoms with van der Waals surface area (Å²) in [5.41, 5.74) is 0. The molecule has 144 valence electrons. The number of benzene rings is 3. The van der Waals surface area contributed by atoms with Gasteiger partial charge in [0.15, 0.2) is 0 Å². The van der Waals surface area contributed by atoms with E-state index >= 15 is 0 Å². The van der Waals surface area contributed by atoms with Gasteiger partial charge >= 0.3 is 0 Å². The van der Waals surface area contributed by atoms with Crippen molar-refractivity contribution < 1.29 is 4.74 Å². The van der Waals surface area contributed by atoms with Crippen molar-refractivity contribution in [3.63, 3.8) is 0 Å². The Hall–Kier alpha value is -2.38. The quantitative estimate of drug-likeness (QED) is 0.401. The Morgan fingerprint density at radius 1 is 0.385 bits per heavy atom. The van der Waals surface area contributed by atoms with Crippen LogP contribution in [0.15, 0.2) is 109 Å². The molecule has 0 unspecified atom stereocenters. The van der Waals surface area contributed by atoms with Crippen molar-refractivity contribution in [2.24, 2.45) is 0 Å². The van der Waals surface area contributed by atoms with Crippen LogP contribution in [0.1, 0.15) is 34.1 Å². The molecule has 0 aromatic heterocycles. The van der Waals surface area contributed by atoms with E-state index in [1.54, 1.807) is 14.2 Å². The van der Waals surface area contributed by atoms with Gasteiger partial charge in [0.05, 0.1) is 0 Å². The zero-order chi connectivity index (χ0) is 20.1. The molecule has 3 aromatic carbocycles. The van der Waals surface area contributed by atoms with Crippen LogP contribution in [0.4, 0.5) is 0 Å². The first-order valence-electron chi connectivity index (χ1n) is 9.23. The van der Waals surface area contributed by atoms with E-state index in [2.05, 4.69) is 18.6 Å². The van der Waals surface area contributed by atoms with E-state index in [0.717, 1.165) is 0 Å². The topological polar surface area (TPSA) is 9.23 Å². The first-order valence-corrected chi connectivity index (χ1v) is 9.23. The average Bonchev–Trinajstić information content (AvgIpc) is 2.75. The number of ether oxygens (including phenoxy) is 1. The van der Waals surface area contributed by atoms with E-state index in [0.29, 0.717) is 0 Å². The van der Waals surface area contributed by atoms with Gasteiger partial charge in [0.25, 0.3) is 0 Å². The van der Waals surface area contributed by atoms with Crippen molar-refractivity contribution in [3.05, 3.63) is 109 Å². The Labute approximate surface area is 162 Å². The van der Waals surface area contributed by atoms with Gasteiger partial charge in [-0.2, -0.15) is 0 Å². The maximum absolute atomic E-state index is 4.25. The summed E-state index contributed by atoms with van der Waals surface area (Å²) in [7, 11) is 3.25. The highest BCUT2D eigenvalue weighted by atomic mass is 16.4. The summed E-state index contributed by atoms with van der Waals surface area (Å²) in [5.74, 6) is 0. The molecule has 1 nitrogen and oxygen atoms in total. The third kappa shape index (κ3) is 37.7. The summed E-state index contributed by atoms with van der Waals surface area (Å²) < 4.78 is 4.25. The minimum atomic E-state index is 1.25. The molecule has 0 saturated heterocycles. The minimum absolute atomic E-state index is 1.25. The highest BCUT2D eigenvalue weighted by molar-refractivity contribution is 5.00. The van der Waals surface area contributed by atoms with Gasteiger partial charge in [-0.3, -0.25) is 0 Å². The lowest BCUT2D eigenvalue weighted by Crippen LogP contribution is -1.55. The molecule has 3 rings (SSSR count). The summed E-state index contributed by atoms with van der Waals surface area (Å²) in [6, 6.07) is 36.0. The predicted molar refractivity (Wildman–Crippen MR) is 120 cm³/mol. The third-order valence-electron chi connectivity index (χ3n) is 2.00. The second-order valence-electron chi connectivity index (χ2n) is 4.58. The summed E-state index contributed by atoms with van der Waals surface area (Å²) >= 11 is 0. The van der Waals surface area contributed by atoms with Crippen molar-refractivity contribution in [2.75, 3.05) is 14.2 Å². The van der Waals surface area contributed by atoms with Gasteiger partial charge in [-0.1, -0.05) is 143 Å². The molecule has 26 heavy (non-hydrogen) atoms. The van der Waals surface area contributed by atoms with Crippen LogP contribution in [0.5, 0.6) is 0 Å². The van der Waals surface area contributed by atoms with E-state index in [-0.39, 0.29) is 0 Å². The van der Waals surface area contributed by atoms with Gasteiger partial charge in [0, 0.05) is 14.2 Å². The van der Waals surface area contributed by atoms with Crippen LogP contribution >= 0.6 is 0 Å². The number of methoxy groups -OCH3 is 1. The van der Waals surface area contributed by atoms with Crippen molar-refractivity contribution >= 4 is 0 Å². The minimum Gasteiger partial charge on any atom is -0.388 e. The fourth-order valence-electron chi connectivity index (χ4n) is 1.15. The smallest absolute Gasteiger partial charge is 0.0351 e. The molecule has 0 heterocycles. The van der Waals surface area contributed by atoms with Crippen molar-refractivity contribution in [1.82, 2.24) is 0 Å². The van der Waals surface area contributed by atoms with Crippen LogP contribution in [-0.2, 0) is 4.74 Å². The summed E-state index contributed by atoms with van der Waals surface area (Å²) in [6.07, 6.45) is 1.25. The molecule has 3 aromatic rings. The van der Waals surface area contributed by atoms with Crippen LogP contribution in [-0.4, -0.2) is 14.2 Å². The zero-order valence-electron chi connectivity index (χ0n) is 17.5. The van der Waals surface area contributed by atoms with E-state index in [1.807, 2.05) is 123 Å². The molecule has 0 amide bonds. The Morgan fingerprint density at radius 2 is 0.423 bits per heavy atom. The molecule has 0 atom stereocenters. The highest BCUT2D eigenvalue weighted by Gasteiger charge is 1.59. The lowest BCUT2D eigenvalue weighted by atomic mass is 10.4. The van der Waals surface area contributed by atoms with Gasteiger partial charge in [0.1, 0.15) is 0 Å². The number of hydrogen-bond donors (Lipinski definition) is 0. The molecule has 0 fully saturated rings. The lowest BCUT2D eigenvalue weighted by molar-refractivity contribution is 0.277. The first-order chi connectivity index (χ1) is 12.8. The maximum atomic E-state index is 4.25. The monoisotopic (exact) mass is 354 g/mol. The fourth-order valence-corrected chi connectivity index (χ4v) is 1.15. The Bertz CT molecular complexity index is 323. The summed E-state index contributed by atoms with van der Waals surface area (Å²) in [6.45, 7) is 8.25. The Morgan fingerprint density at radius 3 is 0.462 bits per heavy atom. The van der Waals surface area contributed by atoms with Crippen molar-refractivity contribution in [1.29, 1.82) is 0 Å². The molecule has 0 spiro atoms. The number of hydrogen-bond acceptors (Lipinski definition) is 1. The molecule has 0 radical (unpaired) electrons. The Kier molecular flexibility index (Phi) is 37.2. The van der Waals surface area contributed by atoms with Crippen LogP contribution < -0.4 is 0 Å². The standard InChI is InChI=1S/3C6H6.C3H8.C2H6O.C2H6/c3*1-2-4-6-5-3-1;2*1-3-2;1-2/h3*1-6H;3H2,1-2H3;1-2H3;1-2H3. The summed E-state index contributed by atoms with van der Waals surface area (Å²) in [4.78, 5) is 0. The van der Waals surface area contributed by atoms with Crippen molar-refractivity contribution in [3.8, 4) is 0 Å². The van der Waals surface area contributed by atoms with E-state index in [4.69, 9.17) is 0 Å². The Balaban J connectivity index is -0.000000257. The second-order valence-corrected chi connectivity index (χ2v) is 4.58. The van der Waals surface area contributed by atoms with Crippen molar-refractivity contribution in [2.45, 2.75) is 34.1 Å². The molecule has 1 heteroatoms. The number of rotatable bonds is 0. The van der Waals surface area contributed by atoms with Crippen LogP contribution in [0, 0.1) is 0 Å². The molecule has 0 aliphatic heterocycles. The van der Waals surface area contributed by atoms with Gasteiger partial charge in [-0.05, 0) is 0 Å². The van der Waals surface area contributed by atoms with E-state index in [1.165, 1.54) is 6.42 Å². The molecule has 0 aliphatic rings. The van der Waals surface area contributed by atoms with Crippen LogP contribution in [0.25, 0.3) is 0 Å². The van der Waals surface area contributed by atoms with Gasteiger partial charge in [-0.25, -0.2) is 0 Å². The first kappa shape index (κ1) is 28.4. The third-order valence-corrected chi connectivity index (χ3v) is 2.00. The predicted octanol–water partition coefficient (Wildman–Crippen LogP) is 7.76. The normalized spacial score (nSPS) is 7.15. The largest absolute Gasteiger partial charge is 0.388 e. The molecule has 0 aliphatic carbocycles.